The number of aryl methyl sites for hydroxylation is 1. The summed E-state index contributed by atoms with van der Waals surface area (Å²) in [4.78, 5) is 6.66. The molecular weight excluding hydrogens is 340 g/mol. The van der Waals surface area contributed by atoms with E-state index in [0.29, 0.717) is 24.9 Å². The molecule has 0 radical (unpaired) electrons. The lowest BCUT2D eigenvalue weighted by molar-refractivity contribution is -0.0567. The van der Waals surface area contributed by atoms with Crippen LogP contribution in [0.3, 0.4) is 0 Å². The number of nitrogens with zero attached hydrogens (tertiary/aromatic N) is 3. The zero-order valence-electron chi connectivity index (χ0n) is 14.7. The number of rotatable bonds is 4. The second-order valence-electron chi connectivity index (χ2n) is 7.18. The minimum atomic E-state index is -0.848. The molecule has 0 saturated carbocycles. The number of aromatic nitrogens is 2. The molecular formula is C19H23F2N3O2. The van der Waals surface area contributed by atoms with Gasteiger partial charge in [0, 0.05) is 44.2 Å². The molecule has 2 fully saturated rings. The van der Waals surface area contributed by atoms with Gasteiger partial charge < -0.3 is 14.4 Å². The molecule has 1 aromatic heterocycles. The molecule has 2 aliphatic heterocycles. The molecule has 2 aliphatic rings. The molecule has 3 heterocycles. The van der Waals surface area contributed by atoms with Gasteiger partial charge in [-0.1, -0.05) is 6.07 Å². The summed E-state index contributed by atoms with van der Waals surface area (Å²) in [6.45, 7) is 3.91. The van der Waals surface area contributed by atoms with Crippen molar-refractivity contribution in [2.75, 3.05) is 26.3 Å². The van der Waals surface area contributed by atoms with E-state index in [4.69, 9.17) is 9.84 Å². The summed E-state index contributed by atoms with van der Waals surface area (Å²) in [7, 11) is 0. The standard InChI is InChI=1S/C19H23F2N3O2/c1-12-2-3-16(18(21)17(12)20)19-22-5-6-24(19)13-8-14-11-26-15(4-7-25)10-23(14)9-13/h2-3,5-6,13-15,25H,4,7-11H2,1H3/t13-,14+,15+/m1/s1. The van der Waals surface area contributed by atoms with Crippen molar-refractivity contribution in [3.05, 3.63) is 41.7 Å². The van der Waals surface area contributed by atoms with Gasteiger partial charge in [-0.25, -0.2) is 13.8 Å². The molecule has 26 heavy (non-hydrogen) atoms. The number of ether oxygens (including phenoxy) is 1. The molecule has 2 aromatic rings. The molecule has 0 unspecified atom stereocenters. The van der Waals surface area contributed by atoms with Gasteiger partial charge in [0.1, 0.15) is 5.82 Å². The summed E-state index contributed by atoms with van der Waals surface area (Å²) in [5, 5.41) is 9.11. The van der Waals surface area contributed by atoms with E-state index in [-0.39, 0.29) is 29.9 Å². The highest BCUT2D eigenvalue weighted by atomic mass is 19.2. The normalized spacial score (nSPS) is 26.2. The fourth-order valence-corrected chi connectivity index (χ4v) is 4.07. The first kappa shape index (κ1) is 17.6. The average Bonchev–Trinajstić information content (AvgIpc) is 3.26. The van der Waals surface area contributed by atoms with Gasteiger partial charge in [-0.2, -0.15) is 0 Å². The molecule has 140 valence electrons. The van der Waals surface area contributed by atoms with Crippen molar-refractivity contribution in [3.8, 4) is 11.4 Å². The monoisotopic (exact) mass is 363 g/mol. The minimum absolute atomic E-state index is 0.0564. The van der Waals surface area contributed by atoms with Crippen molar-refractivity contribution in [1.29, 1.82) is 0 Å². The van der Waals surface area contributed by atoms with Crippen LogP contribution in [0.2, 0.25) is 0 Å². The average molecular weight is 363 g/mol. The van der Waals surface area contributed by atoms with E-state index in [0.717, 1.165) is 19.5 Å². The number of hydrogen-bond acceptors (Lipinski definition) is 4. The van der Waals surface area contributed by atoms with Gasteiger partial charge in [0.15, 0.2) is 11.6 Å². The van der Waals surface area contributed by atoms with E-state index in [1.165, 1.54) is 0 Å². The summed E-state index contributed by atoms with van der Waals surface area (Å²) in [6, 6.07) is 3.62. The third-order valence-corrected chi connectivity index (χ3v) is 5.50. The van der Waals surface area contributed by atoms with E-state index >= 15 is 0 Å². The fraction of sp³-hybridized carbons (Fsp3) is 0.526. The van der Waals surface area contributed by atoms with Crippen molar-refractivity contribution in [1.82, 2.24) is 14.5 Å². The van der Waals surface area contributed by atoms with Crippen molar-refractivity contribution in [3.63, 3.8) is 0 Å². The maximum atomic E-state index is 14.4. The first-order valence-electron chi connectivity index (χ1n) is 9.02. The Balaban J connectivity index is 1.58. The van der Waals surface area contributed by atoms with E-state index in [1.807, 2.05) is 10.8 Å². The number of aliphatic hydroxyl groups is 1. The minimum Gasteiger partial charge on any atom is -0.396 e. The molecule has 0 amide bonds. The number of aliphatic hydroxyl groups excluding tert-OH is 1. The van der Waals surface area contributed by atoms with Crippen LogP contribution >= 0.6 is 0 Å². The van der Waals surface area contributed by atoms with Gasteiger partial charge in [0.25, 0.3) is 0 Å². The topological polar surface area (TPSA) is 50.5 Å². The molecule has 4 rings (SSSR count). The van der Waals surface area contributed by atoms with E-state index < -0.39 is 11.6 Å². The Kier molecular flexibility index (Phi) is 4.77. The fourth-order valence-electron chi connectivity index (χ4n) is 4.07. The van der Waals surface area contributed by atoms with Crippen LogP contribution in [0, 0.1) is 18.6 Å². The van der Waals surface area contributed by atoms with Gasteiger partial charge >= 0.3 is 0 Å². The molecule has 1 N–H and O–H groups in total. The Bertz CT molecular complexity index is 795. The highest BCUT2D eigenvalue weighted by Gasteiger charge is 2.38. The lowest BCUT2D eigenvalue weighted by Gasteiger charge is -2.34. The Hall–Kier alpha value is -1.83. The maximum absolute atomic E-state index is 14.4. The van der Waals surface area contributed by atoms with Gasteiger partial charge in [-0.3, -0.25) is 4.90 Å². The SMILES string of the molecule is Cc1ccc(-c2nccn2[C@@H]2C[C@H]3CO[C@@H](CCO)CN3C2)c(F)c1F. The quantitative estimate of drug-likeness (QED) is 0.907. The molecule has 0 bridgehead atoms. The Morgan fingerprint density at radius 1 is 1.23 bits per heavy atom. The zero-order chi connectivity index (χ0) is 18.3. The third kappa shape index (κ3) is 3.04. The van der Waals surface area contributed by atoms with Crippen LogP contribution in [0.25, 0.3) is 11.4 Å². The summed E-state index contributed by atoms with van der Waals surface area (Å²) in [5.74, 6) is -1.21. The molecule has 7 heteroatoms. The molecule has 1 aromatic carbocycles. The van der Waals surface area contributed by atoms with Crippen LogP contribution in [-0.4, -0.2) is 58.0 Å². The van der Waals surface area contributed by atoms with Gasteiger partial charge in [0.2, 0.25) is 0 Å². The number of imidazole rings is 1. The van der Waals surface area contributed by atoms with Crippen molar-refractivity contribution in [2.24, 2.45) is 0 Å². The predicted molar refractivity (Wildman–Crippen MR) is 92.8 cm³/mol. The highest BCUT2D eigenvalue weighted by Crippen LogP contribution is 2.34. The third-order valence-electron chi connectivity index (χ3n) is 5.50. The van der Waals surface area contributed by atoms with E-state index in [2.05, 4.69) is 9.88 Å². The lowest BCUT2D eigenvalue weighted by Crippen LogP contribution is -2.46. The van der Waals surface area contributed by atoms with E-state index in [1.54, 1.807) is 25.3 Å². The summed E-state index contributed by atoms with van der Waals surface area (Å²) < 4.78 is 36.2. The lowest BCUT2D eigenvalue weighted by atomic mass is 10.1. The molecule has 0 aliphatic carbocycles. The second kappa shape index (κ2) is 7.06. The Labute approximate surface area is 151 Å². The van der Waals surface area contributed by atoms with Crippen LogP contribution in [0.1, 0.15) is 24.4 Å². The Morgan fingerprint density at radius 3 is 2.88 bits per heavy atom. The zero-order valence-corrected chi connectivity index (χ0v) is 14.7. The molecule has 5 nitrogen and oxygen atoms in total. The van der Waals surface area contributed by atoms with Gasteiger partial charge in [0.05, 0.1) is 18.3 Å². The largest absolute Gasteiger partial charge is 0.396 e. The number of hydrogen-bond donors (Lipinski definition) is 1. The van der Waals surface area contributed by atoms with Crippen LogP contribution in [0.4, 0.5) is 8.78 Å². The first-order valence-corrected chi connectivity index (χ1v) is 9.02. The van der Waals surface area contributed by atoms with E-state index in [9.17, 15) is 8.78 Å². The molecule has 3 atom stereocenters. The molecule has 2 saturated heterocycles. The smallest absolute Gasteiger partial charge is 0.170 e. The Morgan fingerprint density at radius 2 is 2.08 bits per heavy atom. The highest BCUT2D eigenvalue weighted by molar-refractivity contribution is 5.57. The van der Waals surface area contributed by atoms with Gasteiger partial charge in [-0.05, 0) is 31.4 Å². The van der Waals surface area contributed by atoms with Crippen LogP contribution in [-0.2, 0) is 4.74 Å². The second-order valence-corrected chi connectivity index (χ2v) is 7.18. The summed E-state index contributed by atoms with van der Waals surface area (Å²) in [5.41, 5.74) is 0.479. The van der Waals surface area contributed by atoms with Crippen LogP contribution in [0.15, 0.2) is 24.5 Å². The van der Waals surface area contributed by atoms with Crippen molar-refractivity contribution in [2.45, 2.75) is 38.0 Å². The summed E-state index contributed by atoms with van der Waals surface area (Å²) >= 11 is 0. The number of benzene rings is 1. The number of morpholine rings is 1. The number of halogens is 2. The molecule has 0 spiro atoms. The number of fused-ring (bicyclic) bond motifs is 1. The van der Waals surface area contributed by atoms with Crippen LogP contribution < -0.4 is 0 Å². The first-order chi connectivity index (χ1) is 12.6. The predicted octanol–water partition coefficient (Wildman–Crippen LogP) is 2.53. The summed E-state index contributed by atoms with van der Waals surface area (Å²) in [6.07, 6.45) is 5.04. The van der Waals surface area contributed by atoms with Crippen molar-refractivity contribution >= 4 is 0 Å². The van der Waals surface area contributed by atoms with Crippen LogP contribution in [0.5, 0.6) is 0 Å². The van der Waals surface area contributed by atoms with Gasteiger partial charge in [-0.15, -0.1) is 0 Å². The van der Waals surface area contributed by atoms with Crippen molar-refractivity contribution < 1.29 is 18.6 Å². The maximum Gasteiger partial charge on any atom is 0.170 e.